The Morgan fingerprint density at radius 3 is 3.05 bits per heavy atom. The van der Waals surface area contributed by atoms with Crippen LogP contribution >= 0.6 is 0 Å². The summed E-state index contributed by atoms with van der Waals surface area (Å²) in [5.74, 6) is 0.371. The van der Waals surface area contributed by atoms with Gasteiger partial charge in [-0.3, -0.25) is 10.1 Å². The molecule has 2 atom stereocenters. The SMILES string of the molecule is CCCNC(=O)C(C)NC1CCCc2cc(O)ccc21. The summed E-state index contributed by atoms with van der Waals surface area (Å²) in [6.07, 6.45) is 4.06. The number of phenolic OH excluding ortho intramolecular Hbond substituents is 1. The summed E-state index contributed by atoms with van der Waals surface area (Å²) in [6, 6.07) is 5.53. The fourth-order valence-electron chi connectivity index (χ4n) is 2.75. The van der Waals surface area contributed by atoms with Crippen molar-refractivity contribution in [3.05, 3.63) is 29.3 Å². The summed E-state index contributed by atoms with van der Waals surface area (Å²) in [5, 5.41) is 15.9. The molecule has 0 saturated heterocycles. The summed E-state index contributed by atoms with van der Waals surface area (Å²) in [5.41, 5.74) is 2.40. The van der Waals surface area contributed by atoms with Gasteiger partial charge in [0.2, 0.25) is 5.91 Å². The molecule has 0 bridgehead atoms. The van der Waals surface area contributed by atoms with E-state index in [4.69, 9.17) is 0 Å². The van der Waals surface area contributed by atoms with Gasteiger partial charge in [-0.15, -0.1) is 0 Å². The molecule has 3 N–H and O–H groups in total. The lowest BCUT2D eigenvalue weighted by atomic mass is 9.87. The second kappa shape index (κ2) is 6.75. The number of carbonyl (C=O) groups excluding carboxylic acids is 1. The number of rotatable bonds is 5. The van der Waals surface area contributed by atoms with Crippen molar-refractivity contribution in [1.29, 1.82) is 0 Å². The highest BCUT2D eigenvalue weighted by Crippen LogP contribution is 2.32. The van der Waals surface area contributed by atoms with Crippen molar-refractivity contribution < 1.29 is 9.90 Å². The van der Waals surface area contributed by atoms with Crippen molar-refractivity contribution in [2.45, 2.75) is 51.6 Å². The minimum Gasteiger partial charge on any atom is -0.508 e. The first kappa shape index (κ1) is 14.9. The van der Waals surface area contributed by atoms with Gasteiger partial charge in [-0.1, -0.05) is 13.0 Å². The normalized spacial score (nSPS) is 19.2. The van der Waals surface area contributed by atoms with Gasteiger partial charge in [-0.2, -0.15) is 0 Å². The number of fused-ring (bicyclic) bond motifs is 1. The van der Waals surface area contributed by atoms with Crippen LogP contribution in [0.25, 0.3) is 0 Å². The predicted molar refractivity (Wildman–Crippen MR) is 79.7 cm³/mol. The average Bonchev–Trinajstić information content (AvgIpc) is 2.44. The van der Waals surface area contributed by atoms with E-state index in [1.54, 1.807) is 6.07 Å². The molecule has 2 rings (SSSR count). The van der Waals surface area contributed by atoms with Crippen LogP contribution in [-0.2, 0) is 11.2 Å². The van der Waals surface area contributed by atoms with Crippen LogP contribution in [0.1, 0.15) is 50.3 Å². The molecule has 110 valence electrons. The Labute approximate surface area is 120 Å². The maximum absolute atomic E-state index is 11.9. The summed E-state index contributed by atoms with van der Waals surface area (Å²) in [7, 11) is 0. The van der Waals surface area contributed by atoms with E-state index in [1.165, 1.54) is 11.1 Å². The number of aryl methyl sites for hydroxylation is 1. The third-order valence-electron chi connectivity index (χ3n) is 3.83. The number of nitrogens with one attached hydrogen (secondary N) is 2. The van der Waals surface area contributed by atoms with Crippen LogP contribution < -0.4 is 10.6 Å². The Bertz CT molecular complexity index is 474. The van der Waals surface area contributed by atoms with Gasteiger partial charge >= 0.3 is 0 Å². The molecular weight excluding hydrogens is 252 g/mol. The fourth-order valence-corrected chi connectivity index (χ4v) is 2.75. The third kappa shape index (κ3) is 3.51. The summed E-state index contributed by atoms with van der Waals surface area (Å²) in [6.45, 7) is 4.67. The Kier molecular flexibility index (Phi) is 5.01. The van der Waals surface area contributed by atoms with E-state index in [-0.39, 0.29) is 18.0 Å². The number of phenols is 1. The molecule has 20 heavy (non-hydrogen) atoms. The van der Waals surface area contributed by atoms with Crippen LogP contribution in [0.4, 0.5) is 0 Å². The molecule has 1 amide bonds. The topological polar surface area (TPSA) is 61.4 Å². The molecular formula is C16H24N2O2. The molecule has 1 aliphatic carbocycles. The zero-order valence-corrected chi connectivity index (χ0v) is 12.3. The third-order valence-corrected chi connectivity index (χ3v) is 3.83. The molecule has 0 heterocycles. The van der Waals surface area contributed by atoms with Crippen LogP contribution in [0, 0.1) is 0 Å². The van der Waals surface area contributed by atoms with Crippen LogP contribution in [0.3, 0.4) is 0 Å². The highest BCUT2D eigenvalue weighted by Gasteiger charge is 2.23. The maximum atomic E-state index is 11.9. The zero-order valence-electron chi connectivity index (χ0n) is 12.3. The summed E-state index contributed by atoms with van der Waals surface area (Å²) in [4.78, 5) is 11.9. The van der Waals surface area contributed by atoms with Crippen LogP contribution in [0.2, 0.25) is 0 Å². The van der Waals surface area contributed by atoms with E-state index >= 15 is 0 Å². The lowest BCUT2D eigenvalue weighted by Gasteiger charge is -2.29. The van der Waals surface area contributed by atoms with E-state index in [1.807, 2.05) is 26.0 Å². The van der Waals surface area contributed by atoms with Gasteiger partial charge in [-0.05, 0) is 55.9 Å². The molecule has 0 fully saturated rings. The zero-order chi connectivity index (χ0) is 14.5. The van der Waals surface area contributed by atoms with Gasteiger partial charge in [0.05, 0.1) is 6.04 Å². The Hall–Kier alpha value is -1.55. The quantitative estimate of drug-likeness (QED) is 0.773. The standard InChI is InChI=1S/C16H24N2O2/c1-3-9-17-16(20)11(2)18-15-6-4-5-12-10-13(19)7-8-14(12)15/h7-8,10-11,15,18-19H,3-6,9H2,1-2H3,(H,17,20). The first-order valence-corrected chi connectivity index (χ1v) is 7.47. The number of hydrogen-bond acceptors (Lipinski definition) is 3. The molecule has 1 aromatic carbocycles. The van der Waals surface area contributed by atoms with Gasteiger partial charge in [0.1, 0.15) is 5.75 Å². The van der Waals surface area contributed by atoms with Gasteiger partial charge in [0.15, 0.2) is 0 Å². The molecule has 4 nitrogen and oxygen atoms in total. The molecule has 2 unspecified atom stereocenters. The number of benzene rings is 1. The smallest absolute Gasteiger partial charge is 0.236 e. The Morgan fingerprint density at radius 1 is 1.50 bits per heavy atom. The Balaban J connectivity index is 2.02. The van der Waals surface area contributed by atoms with Crippen LogP contribution in [0.5, 0.6) is 5.75 Å². The van der Waals surface area contributed by atoms with E-state index < -0.39 is 0 Å². The van der Waals surface area contributed by atoms with E-state index in [2.05, 4.69) is 10.6 Å². The van der Waals surface area contributed by atoms with Gasteiger partial charge in [0.25, 0.3) is 0 Å². The largest absolute Gasteiger partial charge is 0.508 e. The molecule has 0 aliphatic heterocycles. The molecule has 1 aromatic rings. The van der Waals surface area contributed by atoms with E-state index in [9.17, 15) is 9.90 Å². The van der Waals surface area contributed by atoms with E-state index in [0.717, 1.165) is 32.2 Å². The molecule has 0 aromatic heterocycles. The predicted octanol–water partition coefficient (Wildman–Crippen LogP) is 2.27. The minimum atomic E-state index is -0.202. The molecule has 0 spiro atoms. The highest BCUT2D eigenvalue weighted by atomic mass is 16.3. The first-order chi connectivity index (χ1) is 9.61. The van der Waals surface area contributed by atoms with Crippen molar-refractivity contribution in [2.24, 2.45) is 0 Å². The lowest BCUT2D eigenvalue weighted by molar-refractivity contribution is -0.122. The average molecular weight is 276 g/mol. The number of hydrogen-bond donors (Lipinski definition) is 3. The van der Waals surface area contributed by atoms with Crippen molar-refractivity contribution in [1.82, 2.24) is 10.6 Å². The Morgan fingerprint density at radius 2 is 2.30 bits per heavy atom. The number of carbonyl (C=O) groups is 1. The maximum Gasteiger partial charge on any atom is 0.236 e. The van der Waals surface area contributed by atoms with Crippen molar-refractivity contribution in [3.8, 4) is 5.75 Å². The van der Waals surface area contributed by atoms with E-state index in [0.29, 0.717) is 5.75 Å². The van der Waals surface area contributed by atoms with Crippen LogP contribution in [-0.4, -0.2) is 23.6 Å². The van der Waals surface area contributed by atoms with Crippen LogP contribution in [0.15, 0.2) is 18.2 Å². The monoisotopic (exact) mass is 276 g/mol. The summed E-state index contributed by atoms with van der Waals surface area (Å²) < 4.78 is 0. The second-order valence-electron chi connectivity index (χ2n) is 5.51. The van der Waals surface area contributed by atoms with Gasteiger partial charge in [0, 0.05) is 12.6 Å². The fraction of sp³-hybridized carbons (Fsp3) is 0.562. The number of aromatic hydroxyl groups is 1. The van der Waals surface area contributed by atoms with Crippen molar-refractivity contribution in [2.75, 3.05) is 6.54 Å². The van der Waals surface area contributed by atoms with Crippen molar-refractivity contribution in [3.63, 3.8) is 0 Å². The van der Waals surface area contributed by atoms with Gasteiger partial charge < -0.3 is 10.4 Å². The molecule has 4 heteroatoms. The van der Waals surface area contributed by atoms with Gasteiger partial charge in [-0.25, -0.2) is 0 Å². The molecule has 0 saturated carbocycles. The van der Waals surface area contributed by atoms with Crippen molar-refractivity contribution >= 4 is 5.91 Å². The highest BCUT2D eigenvalue weighted by molar-refractivity contribution is 5.81. The lowest BCUT2D eigenvalue weighted by Crippen LogP contribution is -2.44. The number of amides is 1. The summed E-state index contributed by atoms with van der Waals surface area (Å²) >= 11 is 0. The molecule has 1 aliphatic rings. The second-order valence-corrected chi connectivity index (χ2v) is 5.51. The molecule has 0 radical (unpaired) electrons. The minimum absolute atomic E-state index is 0.0535. The first-order valence-electron chi connectivity index (χ1n) is 7.47.